The van der Waals surface area contributed by atoms with Crippen molar-refractivity contribution in [2.24, 2.45) is 0 Å². The minimum atomic E-state index is -0.331. The van der Waals surface area contributed by atoms with E-state index in [0.29, 0.717) is 5.56 Å². The molecule has 3 rings (SSSR count). The Balaban J connectivity index is 2.43. The SMILES string of the molecule is O=C(OCS)c1c2ccccc2cc2ccccc12. The Morgan fingerprint density at radius 1 is 0.947 bits per heavy atom. The number of hydrogen-bond donors (Lipinski definition) is 1. The van der Waals surface area contributed by atoms with Crippen LogP contribution in [0.2, 0.25) is 0 Å². The number of benzene rings is 3. The Morgan fingerprint density at radius 2 is 1.47 bits per heavy atom. The van der Waals surface area contributed by atoms with Gasteiger partial charge in [-0.25, -0.2) is 4.79 Å². The Hall–Kier alpha value is -2.00. The highest BCUT2D eigenvalue weighted by Gasteiger charge is 2.15. The van der Waals surface area contributed by atoms with E-state index in [-0.39, 0.29) is 11.9 Å². The van der Waals surface area contributed by atoms with Crippen LogP contribution in [-0.2, 0) is 4.74 Å². The number of ether oxygens (including phenoxy) is 1. The summed E-state index contributed by atoms with van der Waals surface area (Å²) in [6, 6.07) is 17.7. The molecule has 0 unspecified atom stereocenters. The van der Waals surface area contributed by atoms with Crippen LogP contribution in [0.1, 0.15) is 10.4 Å². The number of carbonyl (C=O) groups excluding carboxylic acids is 1. The van der Waals surface area contributed by atoms with Crippen molar-refractivity contribution in [3.05, 3.63) is 60.2 Å². The minimum Gasteiger partial charge on any atom is -0.451 e. The van der Waals surface area contributed by atoms with Crippen molar-refractivity contribution in [3.8, 4) is 0 Å². The average Bonchev–Trinajstić information content (AvgIpc) is 2.44. The molecule has 3 aromatic carbocycles. The molecule has 0 aliphatic carbocycles. The van der Waals surface area contributed by atoms with Crippen LogP contribution >= 0.6 is 12.6 Å². The lowest BCUT2D eigenvalue weighted by Crippen LogP contribution is -2.05. The molecular weight excluding hydrogens is 256 g/mol. The molecule has 19 heavy (non-hydrogen) atoms. The van der Waals surface area contributed by atoms with Gasteiger partial charge in [-0.15, -0.1) is 12.6 Å². The molecule has 0 N–H and O–H groups in total. The average molecular weight is 268 g/mol. The van der Waals surface area contributed by atoms with Crippen LogP contribution in [-0.4, -0.2) is 11.9 Å². The van der Waals surface area contributed by atoms with E-state index < -0.39 is 0 Å². The molecule has 3 aromatic rings. The van der Waals surface area contributed by atoms with E-state index in [4.69, 9.17) is 4.74 Å². The molecule has 0 fully saturated rings. The van der Waals surface area contributed by atoms with Crippen LogP contribution in [0.25, 0.3) is 21.5 Å². The molecule has 94 valence electrons. The van der Waals surface area contributed by atoms with Crippen LogP contribution in [0.15, 0.2) is 54.6 Å². The molecule has 0 amide bonds. The van der Waals surface area contributed by atoms with Gasteiger partial charge in [0.15, 0.2) is 0 Å². The smallest absolute Gasteiger partial charge is 0.340 e. The van der Waals surface area contributed by atoms with E-state index >= 15 is 0 Å². The standard InChI is InChI=1S/C16H12O2S/c17-16(18-10-19)15-13-7-3-1-5-11(13)9-12-6-2-4-8-14(12)15/h1-9,19H,10H2. The summed E-state index contributed by atoms with van der Waals surface area (Å²) in [7, 11) is 0. The maximum Gasteiger partial charge on any atom is 0.340 e. The summed E-state index contributed by atoms with van der Waals surface area (Å²) < 4.78 is 5.07. The molecule has 2 nitrogen and oxygen atoms in total. The van der Waals surface area contributed by atoms with Gasteiger partial charge in [0.1, 0.15) is 5.94 Å². The van der Waals surface area contributed by atoms with Crippen molar-refractivity contribution < 1.29 is 9.53 Å². The van der Waals surface area contributed by atoms with Gasteiger partial charge in [-0.05, 0) is 27.6 Å². The topological polar surface area (TPSA) is 26.3 Å². The predicted molar refractivity (Wildman–Crippen MR) is 80.7 cm³/mol. The predicted octanol–water partition coefficient (Wildman–Crippen LogP) is 4.04. The lowest BCUT2D eigenvalue weighted by molar-refractivity contribution is 0.0585. The third-order valence-electron chi connectivity index (χ3n) is 3.17. The van der Waals surface area contributed by atoms with Gasteiger partial charge in [-0.1, -0.05) is 48.5 Å². The van der Waals surface area contributed by atoms with E-state index in [2.05, 4.69) is 18.7 Å². The van der Waals surface area contributed by atoms with Crippen molar-refractivity contribution in [2.45, 2.75) is 0 Å². The fourth-order valence-electron chi connectivity index (χ4n) is 2.36. The third-order valence-corrected chi connectivity index (χ3v) is 3.30. The van der Waals surface area contributed by atoms with Gasteiger partial charge in [0.05, 0.1) is 5.56 Å². The quantitative estimate of drug-likeness (QED) is 0.328. The number of thiol groups is 1. The number of carbonyl (C=O) groups is 1. The van der Waals surface area contributed by atoms with E-state index in [1.54, 1.807) is 0 Å². The molecule has 0 atom stereocenters. The maximum atomic E-state index is 12.2. The van der Waals surface area contributed by atoms with Gasteiger partial charge < -0.3 is 4.74 Å². The number of rotatable bonds is 2. The Kier molecular flexibility index (Phi) is 3.13. The van der Waals surface area contributed by atoms with Crippen molar-refractivity contribution in [1.82, 2.24) is 0 Å². The summed E-state index contributed by atoms with van der Waals surface area (Å²) in [6.07, 6.45) is 0. The molecule has 0 aliphatic rings. The Bertz CT molecular complexity index is 711. The summed E-state index contributed by atoms with van der Waals surface area (Å²) in [5.41, 5.74) is 0.614. The van der Waals surface area contributed by atoms with E-state index in [0.717, 1.165) is 21.5 Å². The number of hydrogen-bond acceptors (Lipinski definition) is 3. The highest BCUT2D eigenvalue weighted by atomic mass is 32.1. The molecule has 0 radical (unpaired) electrons. The van der Waals surface area contributed by atoms with Crippen LogP contribution in [0, 0.1) is 0 Å². The van der Waals surface area contributed by atoms with Gasteiger partial charge >= 0.3 is 5.97 Å². The monoisotopic (exact) mass is 268 g/mol. The summed E-state index contributed by atoms with van der Waals surface area (Å²) >= 11 is 3.96. The zero-order valence-electron chi connectivity index (χ0n) is 10.2. The van der Waals surface area contributed by atoms with Gasteiger partial charge in [-0.3, -0.25) is 0 Å². The second-order valence-corrected chi connectivity index (χ2v) is 4.51. The van der Waals surface area contributed by atoms with E-state index in [9.17, 15) is 4.79 Å². The third kappa shape index (κ3) is 2.06. The first-order valence-electron chi connectivity index (χ1n) is 6.00. The van der Waals surface area contributed by atoms with Crippen LogP contribution in [0.5, 0.6) is 0 Å². The van der Waals surface area contributed by atoms with Gasteiger partial charge in [-0.2, -0.15) is 0 Å². The fourth-order valence-corrected chi connectivity index (χ4v) is 2.48. The molecule has 0 saturated heterocycles. The first-order chi connectivity index (χ1) is 9.31. The van der Waals surface area contributed by atoms with Crippen molar-refractivity contribution in [3.63, 3.8) is 0 Å². The van der Waals surface area contributed by atoms with Gasteiger partial charge in [0.25, 0.3) is 0 Å². The molecule has 0 heterocycles. The first-order valence-corrected chi connectivity index (χ1v) is 6.63. The van der Waals surface area contributed by atoms with Crippen molar-refractivity contribution >= 4 is 40.1 Å². The fraction of sp³-hybridized carbons (Fsp3) is 0.0625. The van der Waals surface area contributed by atoms with Crippen LogP contribution < -0.4 is 0 Å². The molecule has 0 aliphatic heterocycles. The van der Waals surface area contributed by atoms with Crippen molar-refractivity contribution in [1.29, 1.82) is 0 Å². The first kappa shape index (κ1) is 12.1. The zero-order chi connectivity index (χ0) is 13.2. The Labute approximate surface area is 116 Å². The highest BCUT2D eigenvalue weighted by Crippen LogP contribution is 2.29. The van der Waals surface area contributed by atoms with E-state index in [1.165, 1.54) is 0 Å². The molecule has 0 saturated carbocycles. The summed E-state index contributed by atoms with van der Waals surface area (Å²) in [5.74, 6) is -0.251. The summed E-state index contributed by atoms with van der Waals surface area (Å²) in [6.45, 7) is 0. The molecular formula is C16H12O2S. The zero-order valence-corrected chi connectivity index (χ0v) is 11.1. The molecule has 0 spiro atoms. The number of esters is 1. The second-order valence-electron chi connectivity index (χ2n) is 4.25. The molecule has 3 heteroatoms. The molecule has 0 aromatic heterocycles. The summed E-state index contributed by atoms with van der Waals surface area (Å²) in [4.78, 5) is 12.2. The van der Waals surface area contributed by atoms with Crippen LogP contribution in [0.4, 0.5) is 0 Å². The Morgan fingerprint density at radius 3 is 2.00 bits per heavy atom. The van der Waals surface area contributed by atoms with Gasteiger partial charge in [0, 0.05) is 0 Å². The minimum absolute atomic E-state index is 0.0797. The lowest BCUT2D eigenvalue weighted by Gasteiger charge is -2.10. The van der Waals surface area contributed by atoms with Gasteiger partial charge in [0.2, 0.25) is 0 Å². The maximum absolute atomic E-state index is 12.2. The largest absolute Gasteiger partial charge is 0.451 e. The molecule has 0 bridgehead atoms. The normalized spacial score (nSPS) is 10.8. The van der Waals surface area contributed by atoms with Crippen LogP contribution in [0.3, 0.4) is 0 Å². The van der Waals surface area contributed by atoms with E-state index in [1.807, 2.05) is 48.5 Å². The number of fused-ring (bicyclic) bond motifs is 2. The summed E-state index contributed by atoms with van der Waals surface area (Å²) in [5, 5.41) is 3.89. The second kappa shape index (κ2) is 4.94. The van der Waals surface area contributed by atoms with Crippen molar-refractivity contribution in [2.75, 3.05) is 5.94 Å². The lowest BCUT2D eigenvalue weighted by atomic mass is 9.97. The highest BCUT2D eigenvalue weighted by molar-refractivity contribution is 7.80.